The molecule has 10 heteroatoms. The van der Waals surface area contributed by atoms with Gasteiger partial charge >= 0.3 is 6.36 Å². The zero-order valence-corrected chi connectivity index (χ0v) is 17.3. The van der Waals surface area contributed by atoms with Crippen LogP contribution in [0.2, 0.25) is 5.02 Å². The number of benzene rings is 2. The van der Waals surface area contributed by atoms with Crippen LogP contribution in [-0.2, 0) is 24.5 Å². The minimum atomic E-state index is -4.75. The molecule has 0 radical (unpaired) electrons. The lowest BCUT2D eigenvalue weighted by Gasteiger charge is -2.24. The molecule has 0 atom stereocenters. The Labute approximate surface area is 181 Å². The molecule has 164 valence electrons. The highest BCUT2D eigenvalue weighted by molar-refractivity contribution is 6.30. The quantitative estimate of drug-likeness (QED) is 0.526. The average Bonchev–Trinajstić information content (AvgIpc) is 3.06. The summed E-state index contributed by atoms with van der Waals surface area (Å²) in [4.78, 5) is 6.45. The second kappa shape index (κ2) is 8.68. The number of hydrogen-bond donors (Lipinski definition) is 0. The molecule has 0 aliphatic carbocycles. The van der Waals surface area contributed by atoms with Gasteiger partial charge in [-0.1, -0.05) is 35.9 Å². The van der Waals surface area contributed by atoms with Crippen LogP contribution in [-0.4, -0.2) is 29.7 Å². The van der Waals surface area contributed by atoms with Crippen LogP contribution in [0.4, 0.5) is 19.0 Å². The summed E-state index contributed by atoms with van der Waals surface area (Å²) in [7, 11) is 1.86. The Morgan fingerprint density at radius 1 is 1.13 bits per heavy atom. The van der Waals surface area contributed by atoms with Crippen molar-refractivity contribution in [2.75, 3.05) is 18.7 Å². The summed E-state index contributed by atoms with van der Waals surface area (Å²) in [6.07, 6.45) is -4.75. The fourth-order valence-electron chi connectivity index (χ4n) is 3.27. The van der Waals surface area contributed by atoms with Crippen molar-refractivity contribution < 1.29 is 27.4 Å². The fourth-order valence-corrected chi connectivity index (χ4v) is 3.39. The molecular weight excluding hydrogens is 435 g/mol. The highest BCUT2D eigenvalue weighted by atomic mass is 35.5. The van der Waals surface area contributed by atoms with Crippen molar-refractivity contribution in [1.82, 2.24) is 9.55 Å². The van der Waals surface area contributed by atoms with Gasteiger partial charge < -0.3 is 19.1 Å². The molecule has 0 bridgehead atoms. The summed E-state index contributed by atoms with van der Waals surface area (Å²) in [5.41, 5.74) is 2.36. The van der Waals surface area contributed by atoms with Crippen molar-refractivity contribution in [2.45, 2.75) is 26.1 Å². The van der Waals surface area contributed by atoms with Crippen molar-refractivity contribution in [3.05, 3.63) is 70.4 Å². The summed E-state index contributed by atoms with van der Waals surface area (Å²) < 4.78 is 54.8. The number of nitrogens with zero attached hydrogens (tertiary/aromatic N) is 3. The molecule has 0 unspecified atom stereocenters. The van der Waals surface area contributed by atoms with E-state index in [1.165, 1.54) is 18.2 Å². The average molecular weight is 454 g/mol. The first-order valence-electron chi connectivity index (χ1n) is 9.39. The monoisotopic (exact) mass is 453 g/mol. The third-order valence-corrected chi connectivity index (χ3v) is 4.91. The van der Waals surface area contributed by atoms with Crippen molar-refractivity contribution in [1.29, 1.82) is 0 Å². The predicted molar refractivity (Wildman–Crippen MR) is 108 cm³/mol. The zero-order chi connectivity index (χ0) is 22.0. The van der Waals surface area contributed by atoms with Gasteiger partial charge in [0.25, 0.3) is 6.01 Å². The third-order valence-electron chi connectivity index (χ3n) is 4.66. The Kier molecular flexibility index (Phi) is 5.97. The van der Waals surface area contributed by atoms with Crippen LogP contribution in [0.25, 0.3) is 0 Å². The van der Waals surface area contributed by atoms with Crippen LogP contribution >= 0.6 is 11.6 Å². The van der Waals surface area contributed by atoms with E-state index < -0.39 is 6.36 Å². The summed E-state index contributed by atoms with van der Waals surface area (Å²) in [5, 5.41) is 0.636. The van der Waals surface area contributed by atoms with Gasteiger partial charge in [-0.25, -0.2) is 0 Å². The summed E-state index contributed by atoms with van der Waals surface area (Å²) in [6.45, 7) is 1.28. The molecule has 4 rings (SSSR count). The van der Waals surface area contributed by atoms with E-state index in [9.17, 15) is 13.2 Å². The molecular formula is C21H19ClF3N3O3. The van der Waals surface area contributed by atoms with Crippen LogP contribution < -0.4 is 14.4 Å². The van der Waals surface area contributed by atoms with Crippen LogP contribution in [0.5, 0.6) is 11.8 Å². The molecule has 0 amide bonds. The third kappa shape index (κ3) is 5.23. The maximum absolute atomic E-state index is 12.5. The molecule has 1 aliphatic rings. The lowest BCUT2D eigenvalue weighted by molar-refractivity contribution is -0.274. The van der Waals surface area contributed by atoms with Crippen molar-refractivity contribution >= 4 is 17.4 Å². The molecule has 0 fully saturated rings. The number of rotatable bonds is 6. The largest absolute Gasteiger partial charge is 0.573 e. The van der Waals surface area contributed by atoms with Gasteiger partial charge in [-0.2, -0.15) is 4.98 Å². The van der Waals surface area contributed by atoms with E-state index in [0.29, 0.717) is 36.5 Å². The molecule has 2 heterocycles. The molecule has 31 heavy (non-hydrogen) atoms. The zero-order valence-electron chi connectivity index (χ0n) is 16.5. The van der Waals surface area contributed by atoms with Gasteiger partial charge in [0.15, 0.2) is 5.82 Å². The topological polar surface area (TPSA) is 48.8 Å². The number of fused-ring (bicyclic) bond motifs is 1. The summed E-state index contributed by atoms with van der Waals surface area (Å²) in [5.74, 6) is 0.440. The van der Waals surface area contributed by atoms with E-state index in [-0.39, 0.29) is 12.4 Å². The van der Waals surface area contributed by atoms with Gasteiger partial charge in [0.2, 0.25) is 0 Å². The summed E-state index contributed by atoms with van der Waals surface area (Å²) >= 11 is 5.98. The van der Waals surface area contributed by atoms with E-state index in [4.69, 9.17) is 21.1 Å². The first kappa shape index (κ1) is 21.3. The van der Waals surface area contributed by atoms with E-state index in [1.807, 2.05) is 28.6 Å². The number of alkyl halides is 3. The number of ether oxygens (including phenoxy) is 3. The van der Waals surface area contributed by atoms with Gasteiger partial charge in [0.1, 0.15) is 19.1 Å². The van der Waals surface area contributed by atoms with Crippen molar-refractivity contribution in [2.24, 2.45) is 0 Å². The maximum atomic E-state index is 12.5. The first-order valence-corrected chi connectivity index (χ1v) is 9.76. The van der Waals surface area contributed by atoms with E-state index in [2.05, 4.69) is 9.72 Å². The predicted octanol–water partition coefficient (Wildman–Crippen LogP) is 4.99. The molecule has 1 aliphatic heterocycles. The minimum Gasteiger partial charge on any atom is -0.460 e. The van der Waals surface area contributed by atoms with E-state index >= 15 is 0 Å². The fraction of sp³-hybridized carbons (Fsp3) is 0.286. The van der Waals surface area contributed by atoms with Crippen molar-refractivity contribution in [3.8, 4) is 11.8 Å². The molecule has 0 N–H and O–H groups in total. The molecule has 2 aromatic carbocycles. The van der Waals surface area contributed by atoms with Gasteiger partial charge in [0.05, 0.1) is 18.8 Å². The SMILES string of the molecule is CN1COCc2c1nc(OCc1cccc(OC(F)(F)F)c1)n2Cc1ccc(Cl)cc1. The van der Waals surface area contributed by atoms with Crippen LogP contribution in [0, 0.1) is 0 Å². The second-order valence-electron chi connectivity index (χ2n) is 7.04. The number of aromatic nitrogens is 2. The highest BCUT2D eigenvalue weighted by Gasteiger charge is 2.31. The van der Waals surface area contributed by atoms with Gasteiger partial charge in [0, 0.05) is 12.1 Å². The molecule has 0 saturated carbocycles. The summed E-state index contributed by atoms with van der Waals surface area (Å²) in [6, 6.07) is 13.4. The van der Waals surface area contributed by atoms with Crippen LogP contribution in [0.3, 0.4) is 0 Å². The Hall–Kier alpha value is -2.91. The Morgan fingerprint density at radius 2 is 1.90 bits per heavy atom. The Bertz CT molecular complexity index is 1050. The molecule has 3 aromatic rings. The van der Waals surface area contributed by atoms with E-state index in [0.717, 1.165) is 17.1 Å². The number of imidazole rings is 1. The lowest BCUT2D eigenvalue weighted by Crippen LogP contribution is -2.27. The molecule has 1 aromatic heterocycles. The van der Waals surface area contributed by atoms with Crippen molar-refractivity contribution in [3.63, 3.8) is 0 Å². The molecule has 0 saturated heterocycles. The number of anilines is 1. The van der Waals surface area contributed by atoms with Gasteiger partial charge in [-0.05, 0) is 35.4 Å². The number of hydrogen-bond acceptors (Lipinski definition) is 5. The van der Waals surface area contributed by atoms with Crippen LogP contribution in [0.15, 0.2) is 48.5 Å². The minimum absolute atomic E-state index is 0.0239. The second-order valence-corrected chi connectivity index (χ2v) is 7.47. The van der Waals surface area contributed by atoms with Gasteiger partial charge in [-0.3, -0.25) is 4.57 Å². The molecule has 6 nitrogen and oxygen atoms in total. The Balaban J connectivity index is 1.58. The van der Waals surface area contributed by atoms with Gasteiger partial charge in [-0.15, -0.1) is 13.2 Å². The highest BCUT2D eigenvalue weighted by Crippen LogP contribution is 2.31. The first-order chi connectivity index (χ1) is 14.8. The van der Waals surface area contributed by atoms with Crippen LogP contribution in [0.1, 0.15) is 16.8 Å². The van der Waals surface area contributed by atoms with E-state index in [1.54, 1.807) is 18.2 Å². The standard InChI is InChI=1S/C21H19ClF3N3O3/c1-27-13-29-12-18-19(27)26-20(28(18)10-14-5-7-16(22)8-6-14)30-11-15-3-2-4-17(9-15)31-21(23,24)25/h2-9H,10-13H2,1H3. The molecule has 0 spiro atoms. The lowest BCUT2D eigenvalue weighted by atomic mass is 10.2. The smallest absolute Gasteiger partial charge is 0.460 e. The Morgan fingerprint density at radius 3 is 2.65 bits per heavy atom. The number of halogens is 4. The maximum Gasteiger partial charge on any atom is 0.573 e. The normalized spacial score (nSPS) is 13.8.